The van der Waals surface area contributed by atoms with Crippen LogP contribution in [0.4, 0.5) is 10.5 Å². The molecule has 1 aliphatic heterocycles. The number of carbonyl (C=O) groups is 2. The van der Waals surface area contributed by atoms with Crippen molar-refractivity contribution < 1.29 is 33.3 Å². The van der Waals surface area contributed by atoms with Crippen LogP contribution in [0.25, 0.3) is 10.1 Å². The molecule has 0 saturated carbocycles. The number of ether oxygens (including phenoxy) is 5. The monoisotopic (exact) mass is 471 g/mol. The number of carbonyl (C=O) groups excluding carboxylic acids is 2. The highest BCUT2D eigenvalue weighted by molar-refractivity contribution is 7.21. The Kier molecular flexibility index (Phi) is 6.55. The summed E-state index contributed by atoms with van der Waals surface area (Å²) in [5.74, 6) is -0.943. The maximum Gasteiger partial charge on any atom is 0.414 e. The van der Waals surface area contributed by atoms with Crippen molar-refractivity contribution >= 4 is 39.2 Å². The molecule has 0 aliphatic carbocycles. The maximum absolute atomic E-state index is 12.7. The average molecular weight is 472 g/mol. The summed E-state index contributed by atoms with van der Waals surface area (Å²) in [7, 11) is 5.73. The van der Waals surface area contributed by atoms with E-state index in [-0.39, 0.29) is 6.54 Å². The van der Waals surface area contributed by atoms with E-state index in [1.54, 1.807) is 6.07 Å². The summed E-state index contributed by atoms with van der Waals surface area (Å²) in [4.78, 5) is 26.9. The summed E-state index contributed by atoms with van der Waals surface area (Å²) in [6.07, 6.45) is -0.179. The van der Waals surface area contributed by atoms with Gasteiger partial charge in [-0.15, -0.1) is 11.3 Å². The average Bonchev–Trinajstić information content (AvgIpc) is 3.32. The predicted octanol–water partition coefficient (Wildman–Crippen LogP) is 4.38. The molecule has 1 aliphatic rings. The lowest BCUT2D eigenvalue weighted by Gasteiger charge is -2.41. The van der Waals surface area contributed by atoms with E-state index in [2.05, 4.69) is 0 Å². The summed E-state index contributed by atoms with van der Waals surface area (Å²) in [6, 6.07) is 13.3. The fourth-order valence-corrected chi connectivity index (χ4v) is 5.04. The second-order valence-electron chi connectivity index (χ2n) is 7.54. The van der Waals surface area contributed by atoms with Gasteiger partial charge in [0, 0.05) is 32.1 Å². The Labute approximate surface area is 195 Å². The smallest absolute Gasteiger partial charge is 0.414 e. The molecule has 0 radical (unpaired) electrons. The van der Waals surface area contributed by atoms with Gasteiger partial charge in [-0.2, -0.15) is 0 Å². The number of esters is 1. The second kappa shape index (κ2) is 9.38. The molecule has 0 N–H and O–H groups in total. The van der Waals surface area contributed by atoms with Crippen molar-refractivity contribution in [3.8, 4) is 5.75 Å². The number of nitrogens with zero attached hydrogens (tertiary/aromatic N) is 1. The molecule has 0 spiro atoms. The highest BCUT2D eigenvalue weighted by atomic mass is 32.1. The predicted molar refractivity (Wildman–Crippen MR) is 124 cm³/mol. The largest absolute Gasteiger partial charge is 0.487 e. The molecular formula is C24H25NO7S. The summed E-state index contributed by atoms with van der Waals surface area (Å²) < 4.78 is 28.3. The van der Waals surface area contributed by atoms with Crippen LogP contribution in [0, 0.1) is 0 Å². The van der Waals surface area contributed by atoms with E-state index in [4.69, 9.17) is 23.7 Å². The molecule has 0 fully saturated rings. The van der Waals surface area contributed by atoms with Crippen molar-refractivity contribution in [1.82, 2.24) is 0 Å². The number of amides is 1. The minimum absolute atomic E-state index is 0.136. The number of benzene rings is 2. The van der Waals surface area contributed by atoms with Gasteiger partial charge in [-0.05, 0) is 17.2 Å². The van der Waals surface area contributed by atoms with Crippen LogP contribution in [0.15, 0.2) is 42.5 Å². The molecule has 0 unspecified atom stereocenters. The molecule has 1 amide bonds. The van der Waals surface area contributed by atoms with E-state index in [0.29, 0.717) is 29.3 Å². The van der Waals surface area contributed by atoms with Gasteiger partial charge in [-0.25, -0.2) is 9.59 Å². The lowest BCUT2D eigenvalue weighted by Crippen LogP contribution is -2.53. The Morgan fingerprint density at radius 1 is 1.03 bits per heavy atom. The zero-order chi connectivity index (χ0) is 23.6. The molecule has 0 atom stereocenters. The molecule has 0 saturated heterocycles. The number of hydrogen-bond donors (Lipinski definition) is 0. The van der Waals surface area contributed by atoms with E-state index < -0.39 is 17.8 Å². The van der Waals surface area contributed by atoms with Crippen LogP contribution in [0.1, 0.15) is 20.8 Å². The molecule has 9 heteroatoms. The molecule has 174 valence electrons. The molecule has 33 heavy (non-hydrogen) atoms. The first-order chi connectivity index (χ1) is 15.9. The van der Waals surface area contributed by atoms with Gasteiger partial charge in [0.15, 0.2) is 5.79 Å². The van der Waals surface area contributed by atoms with Crippen molar-refractivity contribution in [3.63, 3.8) is 0 Å². The van der Waals surface area contributed by atoms with Crippen LogP contribution >= 0.6 is 11.3 Å². The van der Waals surface area contributed by atoms with Gasteiger partial charge in [0.1, 0.15) is 17.2 Å². The van der Waals surface area contributed by atoms with Gasteiger partial charge in [0.05, 0.1) is 31.2 Å². The fraction of sp³-hybridized carbons (Fsp3) is 0.333. The summed E-state index contributed by atoms with van der Waals surface area (Å²) >= 11 is 1.28. The van der Waals surface area contributed by atoms with E-state index in [0.717, 1.165) is 21.2 Å². The minimum atomic E-state index is -1.06. The lowest BCUT2D eigenvalue weighted by molar-refractivity contribution is -0.199. The van der Waals surface area contributed by atoms with E-state index in [9.17, 15) is 9.59 Å². The van der Waals surface area contributed by atoms with Crippen molar-refractivity contribution in [3.05, 3.63) is 58.5 Å². The third-order valence-electron chi connectivity index (χ3n) is 5.76. The Hall–Kier alpha value is -3.14. The van der Waals surface area contributed by atoms with Crippen molar-refractivity contribution in [2.24, 2.45) is 0 Å². The van der Waals surface area contributed by atoms with Gasteiger partial charge in [0.2, 0.25) is 0 Å². The fourth-order valence-electron chi connectivity index (χ4n) is 3.96. The number of hydrogen-bond acceptors (Lipinski definition) is 8. The van der Waals surface area contributed by atoms with Crippen LogP contribution in [0.3, 0.4) is 0 Å². The zero-order valence-electron chi connectivity index (χ0n) is 18.9. The van der Waals surface area contributed by atoms with E-state index in [1.807, 2.05) is 36.4 Å². The van der Waals surface area contributed by atoms with E-state index >= 15 is 0 Å². The number of methoxy groups -OCH3 is 4. The Bertz CT molecular complexity index is 1170. The lowest BCUT2D eigenvalue weighted by atomic mass is 9.93. The molecule has 2 aromatic carbocycles. The second-order valence-corrected chi connectivity index (χ2v) is 8.60. The first-order valence-corrected chi connectivity index (χ1v) is 11.1. The van der Waals surface area contributed by atoms with Crippen LogP contribution in [-0.4, -0.2) is 52.8 Å². The van der Waals surface area contributed by atoms with Crippen molar-refractivity contribution in [2.45, 2.75) is 18.8 Å². The van der Waals surface area contributed by atoms with Crippen molar-refractivity contribution in [1.29, 1.82) is 0 Å². The maximum atomic E-state index is 12.7. The Morgan fingerprint density at radius 2 is 1.76 bits per heavy atom. The van der Waals surface area contributed by atoms with Gasteiger partial charge in [0.25, 0.3) is 0 Å². The van der Waals surface area contributed by atoms with Crippen LogP contribution < -0.4 is 9.64 Å². The van der Waals surface area contributed by atoms with Crippen LogP contribution in [0.5, 0.6) is 5.75 Å². The number of anilines is 1. The number of thiophene rings is 1. The molecule has 8 nitrogen and oxygen atoms in total. The zero-order valence-corrected chi connectivity index (χ0v) is 19.7. The highest BCUT2D eigenvalue weighted by Crippen LogP contribution is 2.46. The minimum Gasteiger partial charge on any atom is -0.487 e. The molecule has 2 heterocycles. The Balaban J connectivity index is 1.89. The third-order valence-corrected chi connectivity index (χ3v) is 6.89. The molecule has 3 aromatic rings. The van der Waals surface area contributed by atoms with Crippen LogP contribution in [-0.2, 0) is 32.0 Å². The third kappa shape index (κ3) is 4.27. The van der Waals surface area contributed by atoms with Gasteiger partial charge < -0.3 is 23.7 Å². The Morgan fingerprint density at radius 3 is 2.39 bits per heavy atom. The summed E-state index contributed by atoms with van der Waals surface area (Å²) in [5.41, 5.74) is 2.41. The molecule has 4 rings (SSSR count). The standard InChI is InChI=1S/C24H25NO7S/c1-28-22(26)20-10-16-17-12-24(30-3,31-4)14-25(23(27)29-2)18(17)11-19(21(16)33-20)32-13-15-8-6-5-7-9-15/h5-11H,12-14H2,1-4H3. The topological polar surface area (TPSA) is 83.5 Å². The van der Waals surface area contributed by atoms with Crippen LogP contribution in [0.2, 0.25) is 0 Å². The quantitative estimate of drug-likeness (QED) is 0.390. The highest BCUT2D eigenvalue weighted by Gasteiger charge is 2.43. The molecular weight excluding hydrogens is 446 g/mol. The summed E-state index contributed by atoms with van der Waals surface area (Å²) in [6.45, 7) is 0.468. The first kappa shape index (κ1) is 23.0. The molecule has 0 bridgehead atoms. The van der Waals surface area contributed by atoms with E-state index in [1.165, 1.54) is 44.7 Å². The van der Waals surface area contributed by atoms with Gasteiger partial charge >= 0.3 is 12.1 Å². The summed E-state index contributed by atoms with van der Waals surface area (Å²) in [5, 5.41) is 0.771. The number of rotatable bonds is 6. The number of fused-ring (bicyclic) bond motifs is 3. The van der Waals surface area contributed by atoms with Gasteiger partial charge in [-0.3, -0.25) is 4.90 Å². The normalized spacial score (nSPS) is 14.6. The first-order valence-electron chi connectivity index (χ1n) is 10.3. The SMILES string of the molecule is COC(=O)c1cc2c3c(cc(OCc4ccccc4)c2s1)N(C(=O)OC)CC(OC)(OC)C3. The molecule has 1 aromatic heterocycles. The van der Waals surface area contributed by atoms with Crippen molar-refractivity contribution in [2.75, 3.05) is 39.9 Å². The van der Waals surface area contributed by atoms with Gasteiger partial charge in [-0.1, -0.05) is 30.3 Å².